The fourth-order valence-corrected chi connectivity index (χ4v) is 3.93. The first kappa shape index (κ1) is 22.0. The third kappa shape index (κ3) is 4.25. The molecule has 3 aromatic carbocycles. The van der Waals surface area contributed by atoms with Gasteiger partial charge in [-0.25, -0.2) is 4.90 Å². The number of nitrogens with zero attached hydrogens (tertiary/aromatic N) is 3. The number of hydrogen-bond acceptors (Lipinski definition) is 5. The highest BCUT2D eigenvalue weighted by atomic mass is 16.6. The summed E-state index contributed by atoms with van der Waals surface area (Å²) in [6.45, 7) is 2.46. The van der Waals surface area contributed by atoms with Crippen LogP contribution in [-0.4, -0.2) is 28.7 Å². The van der Waals surface area contributed by atoms with Crippen LogP contribution in [0.3, 0.4) is 0 Å². The Hall–Kier alpha value is -4.26. The van der Waals surface area contributed by atoms with Gasteiger partial charge in [-0.3, -0.25) is 19.7 Å². The van der Waals surface area contributed by atoms with E-state index in [4.69, 9.17) is 0 Å². The van der Waals surface area contributed by atoms with E-state index in [9.17, 15) is 19.7 Å². The molecule has 0 radical (unpaired) electrons. The molecule has 0 unspecified atom stereocenters. The Morgan fingerprint density at radius 2 is 1.48 bits per heavy atom. The van der Waals surface area contributed by atoms with Crippen molar-refractivity contribution in [3.8, 4) is 0 Å². The highest BCUT2D eigenvalue weighted by Gasteiger charge is 2.41. The van der Waals surface area contributed by atoms with Crippen LogP contribution < -0.4 is 4.90 Å². The van der Waals surface area contributed by atoms with Crippen molar-refractivity contribution in [2.24, 2.45) is 0 Å². The number of anilines is 1. The largest absolute Gasteiger partial charge is 0.365 e. The average molecular weight is 441 g/mol. The first-order valence-corrected chi connectivity index (χ1v) is 10.6. The molecule has 7 heteroatoms. The normalized spacial score (nSPS) is 13.6. The molecule has 166 valence electrons. The molecule has 0 saturated heterocycles. The minimum atomic E-state index is -0.496. The molecule has 7 nitrogen and oxygen atoms in total. The summed E-state index contributed by atoms with van der Waals surface area (Å²) in [4.78, 5) is 40.6. The molecule has 0 N–H and O–H groups in total. The number of aryl methyl sites for hydroxylation is 1. The van der Waals surface area contributed by atoms with E-state index in [1.807, 2.05) is 49.4 Å². The van der Waals surface area contributed by atoms with Crippen LogP contribution in [0.4, 0.5) is 11.4 Å². The Morgan fingerprint density at radius 1 is 0.848 bits per heavy atom. The summed E-state index contributed by atoms with van der Waals surface area (Å²) in [6, 6.07) is 22.7. The molecule has 3 aromatic rings. The van der Waals surface area contributed by atoms with Crippen LogP contribution in [0.2, 0.25) is 0 Å². The standard InChI is InChI=1S/C26H23N3O4/c1-3-18-9-13-21(14-10-18)28-25(30)23(20-11-15-22(16-12-20)29(32)33)24(26(28)31)27(2)17-19-7-5-4-6-8-19/h4-16H,3,17H2,1-2H3. The van der Waals surface area contributed by atoms with Crippen LogP contribution >= 0.6 is 0 Å². The van der Waals surface area contributed by atoms with Gasteiger partial charge < -0.3 is 4.90 Å². The number of nitro benzene ring substituents is 1. The lowest BCUT2D eigenvalue weighted by atomic mass is 10.0. The van der Waals surface area contributed by atoms with Gasteiger partial charge in [-0.05, 0) is 47.4 Å². The van der Waals surface area contributed by atoms with Gasteiger partial charge in [0.25, 0.3) is 17.5 Å². The van der Waals surface area contributed by atoms with Gasteiger partial charge in [0, 0.05) is 25.7 Å². The van der Waals surface area contributed by atoms with Crippen molar-refractivity contribution in [3.05, 3.63) is 111 Å². The first-order chi connectivity index (χ1) is 15.9. The van der Waals surface area contributed by atoms with Gasteiger partial charge in [-0.2, -0.15) is 0 Å². The summed E-state index contributed by atoms with van der Waals surface area (Å²) >= 11 is 0. The molecule has 1 aliphatic rings. The molecule has 0 bridgehead atoms. The van der Waals surface area contributed by atoms with Gasteiger partial charge >= 0.3 is 0 Å². The second-order valence-corrected chi connectivity index (χ2v) is 7.83. The zero-order valence-corrected chi connectivity index (χ0v) is 18.4. The first-order valence-electron chi connectivity index (χ1n) is 10.6. The number of carbonyl (C=O) groups excluding carboxylic acids is 2. The maximum atomic E-state index is 13.6. The Labute approximate surface area is 191 Å². The lowest BCUT2D eigenvalue weighted by molar-refractivity contribution is -0.384. The fraction of sp³-hybridized carbons (Fsp3) is 0.154. The van der Waals surface area contributed by atoms with Crippen molar-refractivity contribution in [2.45, 2.75) is 19.9 Å². The SMILES string of the molecule is CCc1ccc(N2C(=O)C(c3ccc([N+](=O)[O-])cc3)=C(N(C)Cc3ccccc3)C2=O)cc1. The summed E-state index contributed by atoms with van der Waals surface area (Å²) in [5.41, 5.74) is 3.45. The molecule has 0 fully saturated rings. The molecule has 1 heterocycles. The Kier molecular flexibility index (Phi) is 6.04. The Bertz CT molecular complexity index is 1230. The molecule has 33 heavy (non-hydrogen) atoms. The van der Waals surface area contributed by atoms with Crippen LogP contribution in [0.15, 0.2) is 84.6 Å². The smallest absolute Gasteiger partial charge is 0.282 e. The minimum Gasteiger partial charge on any atom is -0.365 e. The van der Waals surface area contributed by atoms with Crippen molar-refractivity contribution in [2.75, 3.05) is 11.9 Å². The molecule has 0 spiro atoms. The predicted octanol–water partition coefficient (Wildman–Crippen LogP) is 4.57. The van der Waals surface area contributed by atoms with E-state index in [0.717, 1.165) is 17.5 Å². The van der Waals surface area contributed by atoms with Crippen LogP contribution in [0.5, 0.6) is 0 Å². The summed E-state index contributed by atoms with van der Waals surface area (Å²) in [5, 5.41) is 11.1. The van der Waals surface area contributed by atoms with Crippen LogP contribution in [0, 0.1) is 10.1 Å². The van der Waals surface area contributed by atoms with E-state index < -0.39 is 16.7 Å². The number of benzene rings is 3. The van der Waals surface area contributed by atoms with Gasteiger partial charge in [0.1, 0.15) is 5.70 Å². The molecule has 0 atom stereocenters. The number of rotatable bonds is 7. The zero-order chi connectivity index (χ0) is 23.5. The van der Waals surface area contributed by atoms with Gasteiger partial charge in [-0.1, -0.05) is 49.4 Å². The van der Waals surface area contributed by atoms with Gasteiger partial charge in [0.05, 0.1) is 16.2 Å². The third-order valence-electron chi connectivity index (χ3n) is 5.67. The van der Waals surface area contributed by atoms with E-state index in [-0.39, 0.29) is 17.0 Å². The summed E-state index contributed by atoms with van der Waals surface area (Å²) in [6.07, 6.45) is 0.847. The van der Waals surface area contributed by atoms with Crippen LogP contribution in [-0.2, 0) is 22.6 Å². The van der Waals surface area contributed by atoms with Crippen molar-refractivity contribution in [1.82, 2.24) is 4.90 Å². The second-order valence-electron chi connectivity index (χ2n) is 7.83. The molecular weight excluding hydrogens is 418 g/mol. The number of amides is 2. The summed E-state index contributed by atoms with van der Waals surface area (Å²) in [7, 11) is 1.77. The summed E-state index contributed by atoms with van der Waals surface area (Å²) in [5.74, 6) is -0.871. The maximum Gasteiger partial charge on any atom is 0.282 e. The minimum absolute atomic E-state index is 0.0812. The lowest BCUT2D eigenvalue weighted by Crippen LogP contribution is -2.34. The molecule has 0 aromatic heterocycles. The van der Waals surface area contributed by atoms with E-state index >= 15 is 0 Å². The monoisotopic (exact) mass is 441 g/mol. The Balaban J connectivity index is 1.78. The van der Waals surface area contributed by atoms with Crippen molar-refractivity contribution < 1.29 is 14.5 Å². The highest BCUT2D eigenvalue weighted by Crippen LogP contribution is 2.35. The van der Waals surface area contributed by atoms with Gasteiger partial charge in [0.15, 0.2) is 0 Å². The molecular formula is C26H23N3O4. The number of nitro groups is 1. The predicted molar refractivity (Wildman–Crippen MR) is 126 cm³/mol. The molecule has 1 aliphatic heterocycles. The second kappa shape index (κ2) is 9.08. The van der Waals surface area contributed by atoms with E-state index in [1.165, 1.54) is 29.2 Å². The Morgan fingerprint density at radius 3 is 2.06 bits per heavy atom. The summed E-state index contributed by atoms with van der Waals surface area (Å²) < 4.78 is 0. The lowest BCUT2D eigenvalue weighted by Gasteiger charge is -2.21. The van der Waals surface area contributed by atoms with E-state index in [0.29, 0.717) is 17.8 Å². The topological polar surface area (TPSA) is 83.8 Å². The number of likely N-dealkylation sites (N-methyl/N-ethyl adjacent to an activating group) is 1. The van der Waals surface area contributed by atoms with Gasteiger partial charge in [-0.15, -0.1) is 0 Å². The van der Waals surface area contributed by atoms with E-state index in [2.05, 4.69) is 0 Å². The fourth-order valence-electron chi connectivity index (χ4n) is 3.93. The number of imide groups is 1. The molecule has 0 aliphatic carbocycles. The quantitative estimate of drug-likeness (QED) is 0.305. The zero-order valence-electron chi connectivity index (χ0n) is 18.4. The maximum absolute atomic E-state index is 13.6. The third-order valence-corrected chi connectivity index (χ3v) is 5.67. The van der Waals surface area contributed by atoms with Crippen molar-refractivity contribution >= 4 is 28.8 Å². The van der Waals surface area contributed by atoms with Crippen LogP contribution in [0.25, 0.3) is 5.57 Å². The van der Waals surface area contributed by atoms with Crippen molar-refractivity contribution in [1.29, 1.82) is 0 Å². The van der Waals surface area contributed by atoms with Crippen molar-refractivity contribution in [3.63, 3.8) is 0 Å². The number of hydrogen-bond donors (Lipinski definition) is 0. The highest BCUT2D eigenvalue weighted by molar-refractivity contribution is 6.45. The van der Waals surface area contributed by atoms with Gasteiger partial charge in [0.2, 0.25) is 0 Å². The molecule has 4 rings (SSSR count). The van der Waals surface area contributed by atoms with E-state index in [1.54, 1.807) is 24.1 Å². The number of non-ortho nitro benzene ring substituents is 1. The molecule has 0 saturated carbocycles. The average Bonchev–Trinajstić information content (AvgIpc) is 3.09. The van der Waals surface area contributed by atoms with Crippen LogP contribution in [0.1, 0.15) is 23.6 Å². The number of carbonyl (C=O) groups is 2. The molecule has 2 amide bonds.